The first kappa shape index (κ1) is 16.6. The molecule has 1 aliphatic rings. The van der Waals surface area contributed by atoms with Gasteiger partial charge in [0.05, 0.1) is 14.2 Å². The summed E-state index contributed by atoms with van der Waals surface area (Å²) in [6.07, 6.45) is 1.80. The molecule has 0 spiro atoms. The van der Waals surface area contributed by atoms with Gasteiger partial charge in [-0.25, -0.2) is 0 Å². The SMILES string of the molecule is COc1cc2c(cc1OC)C(Cc1cc(C)c(C)c(C)c1)=NCC2. The lowest BCUT2D eigenvalue weighted by Crippen LogP contribution is -2.16. The van der Waals surface area contributed by atoms with E-state index >= 15 is 0 Å². The third kappa shape index (κ3) is 3.03. The minimum atomic E-state index is 0.766. The molecule has 0 radical (unpaired) electrons. The van der Waals surface area contributed by atoms with Gasteiger partial charge in [0.15, 0.2) is 11.5 Å². The molecule has 0 bridgehead atoms. The number of hydrogen-bond acceptors (Lipinski definition) is 3. The molecule has 0 N–H and O–H groups in total. The fourth-order valence-corrected chi connectivity index (χ4v) is 3.36. The molecule has 3 rings (SSSR count). The molecular weight excluding hydrogens is 298 g/mol. The first-order valence-corrected chi connectivity index (χ1v) is 8.38. The van der Waals surface area contributed by atoms with E-state index in [9.17, 15) is 0 Å². The van der Waals surface area contributed by atoms with Crippen molar-refractivity contribution in [2.45, 2.75) is 33.6 Å². The van der Waals surface area contributed by atoms with Crippen LogP contribution in [0.25, 0.3) is 0 Å². The molecule has 0 aliphatic carbocycles. The molecule has 0 aromatic heterocycles. The Morgan fingerprint density at radius 2 is 1.54 bits per heavy atom. The van der Waals surface area contributed by atoms with Gasteiger partial charge in [-0.1, -0.05) is 12.1 Å². The van der Waals surface area contributed by atoms with Crippen LogP contribution in [0.2, 0.25) is 0 Å². The summed E-state index contributed by atoms with van der Waals surface area (Å²) in [5.41, 5.74) is 8.99. The maximum atomic E-state index is 5.47. The molecule has 1 aliphatic heterocycles. The third-order valence-electron chi connectivity index (χ3n) is 4.96. The molecule has 0 atom stereocenters. The van der Waals surface area contributed by atoms with Gasteiger partial charge >= 0.3 is 0 Å². The highest BCUT2D eigenvalue weighted by molar-refractivity contribution is 6.04. The molecule has 3 nitrogen and oxygen atoms in total. The molecule has 1 heterocycles. The summed E-state index contributed by atoms with van der Waals surface area (Å²) in [6.45, 7) is 7.37. The van der Waals surface area contributed by atoms with Crippen molar-refractivity contribution < 1.29 is 9.47 Å². The van der Waals surface area contributed by atoms with Crippen LogP contribution in [-0.2, 0) is 12.8 Å². The molecular formula is C21H25NO2. The molecule has 0 saturated carbocycles. The summed E-state index contributed by atoms with van der Waals surface area (Å²) in [6, 6.07) is 8.72. The van der Waals surface area contributed by atoms with Crippen molar-refractivity contribution in [1.29, 1.82) is 0 Å². The van der Waals surface area contributed by atoms with Gasteiger partial charge in [-0.3, -0.25) is 4.99 Å². The summed E-state index contributed by atoms with van der Waals surface area (Å²) in [5, 5.41) is 0. The largest absolute Gasteiger partial charge is 0.493 e. The zero-order valence-corrected chi connectivity index (χ0v) is 15.2. The summed E-state index contributed by atoms with van der Waals surface area (Å²) in [7, 11) is 3.36. The van der Waals surface area contributed by atoms with E-state index in [-0.39, 0.29) is 0 Å². The molecule has 24 heavy (non-hydrogen) atoms. The van der Waals surface area contributed by atoms with Gasteiger partial charge in [-0.2, -0.15) is 0 Å². The average Bonchev–Trinajstić information content (AvgIpc) is 2.58. The summed E-state index contributed by atoms with van der Waals surface area (Å²) >= 11 is 0. The van der Waals surface area contributed by atoms with Crippen LogP contribution in [0.1, 0.15) is 33.4 Å². The van der Waals surface area contributed by atoms with Crippen molar-refractivity contribution in [1.82, 2.24) is 0 Å². The topological polar surface area (TPSA) is 30.8 Å². The van der Waals surface area contributed by atoms with Gasteiger partial charge in [0.2, 0.25) is 0 Å². The Morgan fingerprint density at radius 3 is 2.17 bits per heavy atom. The number of fused-ring (bicyclic) bond motifs is 1. The van der Waals surface area contributed by atoms with Gasteiger partial charge in [-0.05, 0) is 67.1 Å². The molecule has 0 unspecified atom stereocenters. The number of nitrogens with zero attached hydrogens (tertiary/aromatic N) is 1. The Kier molecular flexibility index (Phi) is 4.61. The maximum absolute atomic E-state index is 5.47. The Bertz CT molecular complexity index is 783. The summed E-state index contributed by atoms with van der Waals surface area (Å²) < 4.78 is 10.9. The fourth-order valence-electron chi connectivity index (χ4n) is 3.36. The van der Waals surface area contributed by atoms with Gasteiger partial charge in [0.25, 0.3) is 0 Å². The van der Waals surface area contributed by atoms with Crippen LogP contribution in [0.5, 0.6) is 11.5 Å². The molecule has 0 saturated heterocycles. The maximum Gasteiger partial charge on any atom is 0.161 e. The van der Waals surface area contributed by atoms with Crippen LogP contribution >= 0.6 is 0 Å². The normalized spacial score (nSPS) is 13.3. The van der Waals surface area contributed by atoms with Crippen LogP contribution in [0.3, 0.4) is 0 Å². The number of aliphatic imine (C=N–C) groups is 1. The molecule has 3 heteroatoms. The summed E-state index contributed by atoms with van der Waals surface area (Å²) in [4.78, 5) is 4.80. The van der Waals surface area contributed by atoms with Gasteiger partial charge in [-0.15, -0.1) is 0 Å². The zero-order valence-electron chi connectivity index (χ0n) is 15.2. The Labute approximate surface area is 144 Å². The Hall–Kier alpha value is -2.29. The lowest BCUT2D eigenvalue weighted by atomic mass is 9.91. The van der Waals surface area contributed by atoms with Crippen LogP contribution in [0, 0.1) is 20.8 Å². The first-order chi connectivity index (χ1) is 11.5. The zero-order chi connectivity index (χ0) is 17.3. The molecule has 0 amide bonds. The van der Waals surface area contributed by atoms with Crippen molar-refractivity contribution >= 4 is 5.71 Å². The van der Waals surface area contributed by atoms with Gasteiger partial charge in [0, 0.05) is 24.2 Å². The van der Waals surface area contributed by atoms with Crippen molar-refractivity contribution in [3.8, 4) is 11.5 Å². The third-order valence-corrected chi connectivity index (χ3v) is 4.96. The Morgan fingerprint density at radius 1 is 0.917 bits per heavy atom. The van der Waals surface area contributed by atoms with Crippen LogP contribution in [0.4, 0.5) is 0 Å². The smallest absolute Gasteiger partial charge is 0.161 e. The van der Waals surface area contributed by atoms with E-state index < -0.39 is 0 Å². The predicted octanol–water partition coefficient (Wildman–Crippen LogP) is 4.22. The standard InChI is InChI=1S/C21H25NO2/c1-13-8-16(9-14(2)15(13)3)10-19-18-12-21(24-5)20(23-4)11-17(18)6-7-22-19/h8-9,11-12H,6-7,10H2,1-5H3. The van der Waals surface area contributed by atoms with Crippen LogP contribution in [0.15, 0.2) is 29.3 Å². The lowest BCUT2D eigenvalue weighted by molar-refractivity contribution is 0.354. The predicted molar refractivity (Wildman–Crippen MR) is 99.0 cm³/mol. The van der Waals surface area contributed by atoms with E-state index in [0.29, 0.717) is 0 Å². The number of aryl methyl sites for hydroxylation is 2. The van der Waals surface area contributed by atoms with E-state index in [0.717, 1.165) is 36.6 Å². The first-order valence-electron chi connectivity index (χ1n) is 8.38. The van der Waals surface area contributed by atoms with Crippen LogP contribution < -0.4 is 9.47 Å². The monoisotopic (exact) mass is 323 g/mol. The van der Waals surface area contributed by atoms with E-state index in [1.165, 1.54) is 33.4 Å². The fraction of sp³-hybridized carbons (Fsp3) is 0.381. The van der Waals surface area contributed by atoms with Crippen molar-refractivity contribution in [2.24, 2.45) is 4.99 Å². The lowest BCUT2D eigenvalue weighted by Gasteiger charge is -2.20. The highest BCUT2D eigenvalue weighted by Gasteiger charge is 2.19. The van der Waals surface area contributed by atoms with E-state index in [1.807, 2.05) is 0 Å². The highest BCUT2D eigenvalue weighted by Crippen LogP contribution is 2.33. The number of benzene rings is 2. The Balaban J connectivity index is 1.98. The number of methoxy groups -OCH3 is 2. The second-order valence-corrected chi connectivity index (χ2v) is 6.47. The minimum absolute atomic E-state index is 0.766. The van der Waals surface area contributed by atoms with Crippen molar-refractivity contribution in [3.63, 3.8) is 0 Å². The highest BCUT2D eigenvalue weighted by atomic mass is 16.5. The number of ether oxygens (including phenoxy) is 2. The van der Waals surface area contributed by atoms with Crippen LogP contribution in [-0.4, -0.2) is 26.5 Å². The quantitative estimate of drug-likeness (QED) is 0.843. The molecule has 2 aromatic rings. The number of rotatable bonds is 4. The molecule has 2 aromatic carbocycles. The second kappa shape index (κ2) is 6.68. The molecule has 126 valence electrons. The van der Waals surface area contributed by atoms with Crippen molar-refractivity contribution in [3.05, 3.63) is 57.6 Å². The number of hydrogen-bond donors (Lipinski definition) is 0. The average molecular weight is 323 g/mol. The molecule has 0 fully saturated rings. The second-order valence-electron chi connectivity index (χ2n) is 6.47. The van der Waals surface area contributed by atoms with E-state index in [2.05, 4.69) is 45.0 Å². The van der Waals surface area contributed by atoms with E-state index in [1.54, 1.807) is 14.2 Å². The summed E-state index contributed by atoms with van der Waals surface area (Å²) in [5.74, 6) is 1.56. The minimum Gasteiger partial charge on any atom is -0.493 e. The van der Waals surface area contributed by atoms with Gasteiger partial charge < -0.3 is 9.47 Å². The van der Waals surface area contributed by atoms with E-state index in [4.69, 9.17) is 14.5 Å². The van der Waals surface area contributed by atoms with Gasteiger partial charge in [0.1, 0.15) is 0 Å². The van der Waals surface area contributed by atoms with Crippen molar-refractivity contribution in [2.75, 3.05) is 20.8 Å².